The molecular weight excluding hydrogens is 198 g/mol. The summed E-state index contributed by atoms with van der Waals surface area (Å²) in [5.74, 6) is 0.287. The van der Waals surface area contributed by atoms with E-state index in [0.29, 0.717) is 12.8 Å². The predicted molar refractivity (Wildman–Crippen MR) is 54.7 cm³/mol. The molecule has 0 radical (unpaired) electrons. The Morgan fingerprint density at radius 3 is 3.21 bits per heavy atom. The quantitative estimate of drug-likeness (QED) is 0.803. The summed E-state index contributed by atoms with van der Waals surface area (Å²) in [7, 11) is 1.62. The van der Waals surface area contributed by atoms with Crippen LogP contribution < -0.4 is 5.32 Å². The molecule has 2 rings (SSSR count). The summed E-state index contributed by atoms with van der Waals surface area (Å²) in [4.78, 5) is 23.5. The molecule has 74 valence electrons. The van der Waals surface area contributed by atoms with Crippen molar-refractivity contribution in [1.29, 1.82) is 0 Å². The molecular formula is C10H11NO2S. The summed E-state index contributed by atoms with van der Waals surface area (Å²) in [5, 5.41) is 4.50. The van der Waals surface area contributed by atoms with Gasteiger partial charge >= 0.3 is 0 Å². The molecule has 1 aliphatic carbocycles. The van der Waals surface area contributed by atoms with Gasteiger partial charge in [0.25, 0.3) is 0 Å². The Kier molecular flexibility index (Phi) is 2.37. The van der Waals surface area contributed by atoms with Crippen LogP contribution in [-0.4, -0.2) is 18.7 Å². The molecule has 1 atom stereocenters. The number of carbonyl (C=O) groups is 2. The number of Topliss-reactive ketones (excluding diaryl/α,β-unsaturated/α-hetero) is 1. The first-order valence-corrected chi connectivity index (χ1v) is 5.41. The molecule has 0 saturated carbocycles. The van der Waals surface area contributed by atoms with Gasteiger partial charge in [0.1, 0.15) is 0 Å². The monoisotopic (exact) mass is 209 g/mol. The Morgan fingerprint density at radius 1 is 1.71 bits per heavy atom. The van der Waals surface area contributed by atoms with Crippen molar-refractivity contribution >= 4 is 23.0 Å². The predicted octanol–water partition coefficient (Wildman–Crippen LogP) is 1.55. The molecule has 0 spiro atoms. The van der Waals surface area contributed by atoms with E-state index in [1.807, 2.05) is 11.4 Å². The molecule has 0 aromatic carbocycles. The molecule has 1 unspecified atom stereocenters. The van der Waals surface area contributed by atoms with E-state index in [2.05, 4.69) is 5.32 Å². The number of hydrogen-bond acceptors (Lipinski definition) is 3. The van der Waals surface area contributed by atoms with Crippen LogP contribution in [0.2, 0.25) is 0 Å². The second-order valence-electron chi connectivity index (χ2n) is 3.41. The minimum absolute atomic E-state index is 0.00171. The summed E-state index contributed by atoms with van der Waals surface area (Å²) < 4.78 is 0. The topological polar surface area (TPSA) is 46.2 Å². The fourth-order valence-electron chi connectivity index (χ4n) is 1.80. The van der Waals surface area contributed by atoms with Crippen LogP contribution in [0.3, 0.4) is 0 Å². The van der Waals surface area contributed by atoms with E-state index in [1.54, 1.807) is 7.05 Å². The van der Waals surface area contributed by atoms with Crippen molar-refractivity contribution in [2.45, 2.75) is 18.8 Å². The highest BCUT2D eigenvalue weighted by Gasteiger charge is 2.31. The number of amides is 1. The number of hydrogen-bond donors (Lipinski definition) is 1. The first kappa shape index (κ1) is 9.40. The summed E-state index contributed by atoms with van der Waals surface area (Å²) in [6.07, 6.45) is 0.918. The van der Waals surface area contributed by atoms with Gasteiger partial charge in [0.05, 0.1) is 4.88 Å². The molecule has 1 N–H and O–H groups in total. The van der Waals surface area contributed by atoms with Crippen LogP contribution in [-0.2, 0) is 4.79 Å². The van der Waals surface area contributed by atoms with Crippen molar-refractivity contribution in [2.24, 2.45) is 0 Å². The van der Waals surface area contributed by atoms with Crippen LogP contribution in [0, 0.1) is 0 Å². The third-order valence-electron chi connectivity index (χ3n) is 2.53. The van der Waals surface area contributed by atoms with Crippen molar-refractivity contribution in [1.82, 2.24) is 5.32 Å². The molecule has 1 aliphatic rings. The average molecular weight is 209 g/mol. The highest BCUT2D eigenvalue weighted by atomic mass is 32.1. The first-order valence-electron chi connectivity index (χ1n) is 4.53. The third kappa shape index (κ3) is 1.46. The molecule has 1 amide bonds. The van der Waals surface area contributed by atoms with E-state index in [1.165, 1.54) is 11.3 Å². The molecule has 0 fully saturated rings. The zero-order valence-electron chi connectivity index (χ0n) is 7.87. The minimum atomic E-state index is 0.00171. The molecule has 1 aromatic heterocycles. The van der Waals surface area contributed by atoms with E-state index in [-0.39, 0.29) is 17.6 Å². The van der Waals surface area contributed by atoms with Gasteiger partial charge in [0, 0.05) is 25.8 Å². The van der Waals surface area contributed by atoms with E-state index >= 15 is 0 Å². The maximum atomic E-state index is 11.5. The molecule has 1 aromatic rings. The Bertz CT molecular complexity index is 383. The Hall–Kier alpha value is -1.16. The second kappa shape index (κ2) is 3.53. The van der Waals surface area contributed by atoms with Crippen LogP contribution in [0.1, 0.15) is 34.0 Å². The van der Waals surface area contributed by atoms with Crippen LogP contribution >= 0.6 is 11.3 Å². The first-order chi connectivity index (χ1) is 6.72. The zero-order chi connectivity index (χ0) is 10.1. The number of carbonyl (C=O) groups excluding carboxylic acids is 2. The molecule has 0 aliphatic heterocycles. The van der Waals surface area contributed by atoms with Gasteiger partial charge in [-0.05, 0) is 17.0 Å². The Labute approximate surface area is 86.1 Å². The van der Waals surface area contributed by atoms with Gasteiger partial charge in [-0.1, -0.05) is 0 Å². The van der Waals surface area contributed by atoms with Crippen molar-refractivity contribution < 1.29 is 9.59 Å². The number of nitrogens with one attached hydrogen (secondary N) is 1. The van der Waals surface area contributed by atoms with Gasteiger partial charge in [0.2, 0.25) is 5.91 Å². The lowest BCUT2D eigenvalue weighted by Crippen LogP contribution is -2.19. The Morgan fingerprint density at radius 2 is 2.50 bits per heavy atom. The number of thiophene rings is 1. The van der Waals surface area contributed by atoms with E-state index in [9.17, 15) is 9.59 Å². The zero-order valence-corrected chi connectivity index (χ0v) is 8.69. The smallest absolute Gasteiger partial charge is 0.220 e. The molecule has 0 bridgehead atoms. The second-order valence-corrected chi connectivity index (χ2v) is 4.32. The maximum Gasteiger partial charge on any atom is 0.220 e. The third-order valence-corrected chi connectivity index (χ3v) is 3.50. The van der Waals surface area contributed by atoms with Crippen molar-refractivity contribution in [2.75, 3.05) is 7.05 Å². The number of ketones is 1. The molecule has 1 heterocycles. The fraction of sp³-hybridized carbons (Fsp3) is 0.400. The summed E-state index contributed by atoms with van der Waals surface area (Å²) >= 11 is 1.48. The van der Waals surface area contributed by atoms with Crippen molar-refractivity contribution in [3.05, 3.63) is 21.9 Å². The molecule has 0 saturated heterocycles. The SMILES string of the molecule is CNC(=O)CC1CC(=O)c2sccc21. The highest BCUT2D eigenvalue weighted by molar-refractivity contribution is 7.12. The lowest BCUT2D eigenvalue weighted by molar-refractivity contribution is -0.120. The van der Waals surface area contributed by atoms with Gasteiger partial charge in [-0.25, -0.2) is 0 Å². The van der Waals surface area contributed by atoms with Crippen molar-refractivity contribution in [3.63, 3.8) is 0 Å². The van der Waals surface area contributed by atoms with Crippen LogP contribution in [0.15, 0.2) is 11.4 Å². The Balaban J connectivity index is 2.18. The van der Waals surface area contributed by atoms with Crippen LogP contribution in [0.25, 0.3) is 0 Å². The standard InChI is InChI=1S/C10H11NO2S/c1-11-9(13)5-6-4-8(12)10-7(6)2-3-14-10/h2-3,6H,4-5H2,1H3,(H,11,13). The number of rotatable bonds is 2. The van der Waals surface area contributed by atoms with E-state index in [4.69, 9.17) is 0 Å². The van der Waals surface area contributed by atoms with E-state index in [0.717, 1.165) is 10.4 Å². The van der Waals surface area contributed by atoms with Gasteiger partial charge in [-0.3, -0.25) is 9.59 Å². The highest BCUT2D eigenvalue weighted by Crippen LogP contribution is 2.38. The summed E-state index contributed by atoms with van der Waals surface area (Å²) in [6.45, 7) is 0. The largest absolute Gasteiger partial charge is 0.359 e. The van der Waals surface area contributed by atoms with Crippen LogP contribution in [0.5, 0.6) is 0 Å². The maximum absolute atomic E-state index is 11.5. The molecule has 4 heteroatoms. The van der Waals surface area contributed by atoms with Crippen molar-refractivity contribution in [3.8, 4) is 0 Å². The average Bonchev–Trinajstić information content (AvgIpc) is 2.72. The lowest BCUT2D eigenvalue weighted by atomic mass is 9.99. The fourth-order valence-corrected chi connectivity index (χ4v) is 2.74. The normalized spacial score (nSPS) is 19.5. The molecule has 14 heavy (non-hydrogen) atoms. The van der Waals surface area contributed by atoms with Gasteiger partial charge < -0.3 is 5.32 Å². The number of fused-ring (bicyclic) bond motifs is 1. The van der Waals surface area contributed by atoms with Crippen LogP contribution in [0.4, 0.5) is 0 Å². The van der Waals surface area contributed by atoms with Gasteiger partial charge in [0.15, 0.2) is 5.78 Å². The molecule has 3 nitrogen and oxygen atoms in total. The summed E-state index contributed by atoms with van der Waals surface area (Å²) in [5.41, 5.74) is 1.06. The van der Waals surface area contributed by atoms with E-state index < -0.39 is 0 Å². The minimum Gasteiger partial charge on any atom is -0.359 e. The lowest BCUT2D eigenvalue weighted by Gasteiger charge is -2.06. The van der Waals surface area contributed by atoms with Gasteiger partial charge in [-0.15, -0.1) is 11.3 Å². The van der Waals surface area contributed by atoms with Gasteiger partial charge in [-0.2, -0.15) is 0 Å². The summed E-state index contributed by atoms with van der Waals surface area (Å²) in [6, 6.07) is 1.96.